The minimum absolute atomic E-state index is 0.0128. The Kier molecular flexibility index (Phi) is 4.36. The highest BCUT2D eigenvalue weighted by Crippen LogP contribution is 2.57. The molecule has 3 N–H and O–H groups in total. The van der Waals surface area contributed by atoms with Gasteiger partial charge in [0.15, 0.2) is 0 Å². The van der Waals surface area contributed by atoms with Gasteiger partial charge in [0.25, 0.3) is 0 Å². The molecule has 1 spiro atoms. The van der Waals surface area contributed by atoms with Crippen LogP contribution in [0.3, 0.4) is 0 Å². The molecule has 3 aromatic rings. The second-order valence-electron chi connectivity index (χ2n) is 10.1. The maximum atomic E-state index is 13.5. The van der Waals surface area contributed by atoms with Crippen LogP contribution in [-0.2, 0) is 23.2 Å². The number of hydrogen-bond acceptors (Lipinski definition) is 7. The largest absolute Gasteiger partial charge is 0.393 e. The molecule has 3 aromatic heterocycles. The fourth-order valence-electron chi connectivity index (χ4n) is 6.05. The topological polar surface area (TPSA) is 125 Å². The van der Waals surface area contributed by atoms with Gasteiger partial charge in [-0.1, -0.05) is 0 Å². The van der Waals surface area contributed by atoms with E-state index in [0.29, 0.717) is 18.2 Å². The molecule has 4 aliphatic rings. The van der Waals surface area contributed by atoms with Crippen LogP contribution in [0.2, 0.25) is 0 Å². The van der Waals surface area contributed by atoms with Gasteiger partial charge in [0.05, 0.1) is 35.3 Å². The number of H-pyrrole nitrogens is 1. The van der Waals surface area contributed by atoms with E-state index in [0.717, 1.165) is 80.4 Å². The summed E-state index contributed by atoms with van der Waals surface area (Å²) >= 11 is 0. The zero-order valence-electron chi connectivity index (χ0n) is 19.0. The summed E-state index contributed by atoms with van der Waals surface area (Å²) in [7, 11) is 0. The van der Waals surface area contributed by atoms with Crippen LogP contribution >= 0.6 is 0 Å². The Labute approximate surface area is 196 Å². The Hall–Kier alpha value is -3.27. The molecule has 0 saturated heterocycles. The van der Waals surface area contributed by atoms with E-state index in [9.17, 15) is 9.90 Å². The maximum absolute atomic E-state index is 13.5. The Morgan fingerprint density at radius 2 is 2.06 bits per heavy atom. The van der Waals surface area contributed by atoms with Crippen LogP contribution in [0, 0.1) is 0 Å². The molecule has 0 unspecified atom stereocenters. The first-order chi connectivity index (χ1) is 16.6. The van der Waals surface area contributed by atoms with E-state index < -0.39 is 5.41 Å². The second kappa shape index (κ2) is 7.36. The molecule has 0 bridgehead atoms. The highest BCUT2D eigenvalue weighted by molar-refractivity contribution is 6.09. The van der Waals surface area contributed by atoms with E-state index in [-0.39, 0.29) is 18.1 Å². The number of carbonyl (C=O) groups is 1. The maximum Gasteiger partial charge on any atom is 0.239 e. The fraction of sp³-hybridized carbons (Fsp3) is 0.542. The summed E-state index contributed by atoms with van der Waals surface area (Å²) in [6, 6.07) is -0.0128. The van der Waals surface area contributed by atoms with E-state index in [1.807, 2.05) is 17.3 Å². The van der Waals surface area contributed by atoms with Gasteiger partial charge in [-0.15, -0.1) is 0 Å². The number of aliphatic hydroxyl groups is 1. The average Bonchev–Trinajstić information content (AvgIpc) is 3.23. The van der Waals surface area contributed by atoms with Crippen LogP contribution in [0.15, 0.2) is 18.6 Å². The van der Waals surface area contributed by atoms with Crippen molar-refractivity contribution in [1.29, 1.82) is 0 Å². The Balaban J connectivity index is 1.23. The predicted molar refractivity (Wildman–Crippen MR) is 125 cm³/mol. The molecular weight excluding hydrogens is 432 g/mol. The Morgan fingerprint density at radius 1 is 1.15 bits per heavy atom. The molecule has 10 heteroatoms. The van der Waals surface area contributed by atoms with Crippen LogP contribution < -0.4 is 10.2 Å². The molecule has 34 heavy (non-hydrogen) atoms. The minimum Gasteiger partial charge on any atom is -0.393 e. The third-order valence-corrected chi connectivity index (χ3v) is 8.01. The van der Waals surface area contributed by atoms with Gasteiger partial charge in [-0.2, -0.15) is 15.2 Å². The molecule has 5 heterocycles. The van der Waals surface area contributed by atoms with Crippen molar-refractivity contribution in [3.63, 3.8) is 0 Å². The van der Waals surface area contributed by atoms with E-state index >= 15 is 0 Å². The third-order valence-electron chi connectivity index (χ3n) is 8.01. The van der Waals surface area contributed by atoms with E-state index in [4.69, 9.17) is 4.98 Å². The second-order valence-corrected chi connectivity index (χ2v) is 10.1. The van der Waals surface area contributed by atoms with Crippen molar-refractivity contribution in [1.82, 2.24) is 29.9 Å². The van der Waals surface area contributed by atoms with Gasteiger partial charge in [-0.05, 0) is 57.8 Å². The number of aromatic amines is 1. The highest BCUT2D eigenvalue weighted by atomic mass is 16.3. The lowest BCUT2D eigenvalue weighted by molar-refractivity contribution is -0.121. The van der Waals surface area contributed by atoms with Crippen LogP contribution in [0.4, 0.5) is 17.5 Å². The molecule has 2 atom stereocenters. The Bertz CT molecular complexity index is 1280. The van der Waals surface area contributed by atoms with Gasteiger partial charge >= 0.3 is 0 Å². The van der Waals surface area contributed by atoms with E-state index in [1.165, 1.54) is 5.69 Å². The monoisotopic (exact) mass is 460 g/mol. The highest BCUT2D eigenvalue weighted by Gasteiger charge is 2.61. The lowest BCUT2D eigenvalue weighted by Crippen LogP contribution is -2.44. The van der Waals surface area contributed by atoms with E-state index in [1.54, 1.807) is 6.20 Å². The SMILES string of the molecule is O=C1N([C@@H]2CCC[C@@H](O)C2)c2nc(Nc3cn[nH]c3-c3cnn4c3CCCC4)ncc2C12CC2. The first-order valence-electron chi connectivity index (χ1n) is 12.4. The zero-order chi connectivity index (χ0) is 22.9. The zero-order valence-corrected chi connectivity index (χ0v) is 19.0. The normalized spacial score (nSPS) is 24.9. The first kappa shape index (κ1) is 20.1. The van der Waals surface area contributed by atoms with E-state index in [2.05, 4.69) is 30.3 Å². The molecule has 0 aromatic carbocycles. The van der Waals surface area contributed by atoms with Gasteiger partial charge in [0.1, 0.15) is 5.82 Å². The number of fused-ring (bicyclic) bond motifs is 3. The fourth-order valence-corrected chi connectivity index (χ4v) is 6.05. The van der Waals surface area contributed by atoms with Crippen molar-refractivity contribution in [3.05, 3.63) is 29.8 Å². The quantitative estimate of drug-likeness (QED) is 0.547. The smallest absolute Gasteiger partial charge is 0.239 e. The van der Waals surface area contributed by atoms with Gasteiger partial charge in [-0.25, -0.2) is 4.98 Å². The lowest BCUT2D eigenvalue weighted by Gasteiger charge is -2.33. The molecule has 2 aliphatic carbocycles. The summed E-state index contributed by atoms with van der Waals surface area (Å²) in [6.45, 7) is 0.946. The molecule has 7 rings (SSSR count). The van der Waals surface area contributed by atoms with Crippen LogP contribution in [0.25, 0.3) is 11.3 Å². The molecule has 1 amide bonds. The predicted octanol–water partition coefficient (Wildman–Crippen LogP) is 2.82. The standard InChI is InChI=1S/C24H28N8O2/c33-15-5-3-4-14(10-15)32-21-17(24(7-8-24)22(32)34)12-25-23(29-21)28-18-13-26-30-20(18)16-11-27-31-9-2-1-6-19(16)31/h11-15,33H,1-10H2,(H,26,30)(H,25,28,29)/t14-,15-/m1/s1. The van der Waals surface area contributed by atoms with Crippen LogP contribution in [0.5, 0.6) is 0 Å². The van der Waals surface area contributed by atoms with Crippen molar-refractivity contribution in [2.75, 3.05) is 10.2 Å². The average molecular weight is 461 g/mol. The molecule has 2 fully saturated rings. The van der Waals surface area contributed by atoms with Crippen LogP contribution in [0.1, 0.15) is 62.6 Å². The minimum atomic E-state index is -0.450. The number of nitrogens with zero attached hydrogens (tertiary/aromatic N) is 6. The Morgan fingerprint density at radius 3 is 2.91 bits per heavy atom. The molecule has 176 valence electrons. The lowest BCUT2D eigenvalue weighted by atomic mass is 9.92. The van der Waals surface area contributed by atoms with Gasteiger partial charge in [-0.3, -0.25) is 19.5 Å². The van der Waals surface area contributed by atoms with Crippen LogP contribution in [-0.4, -0.2) is 53.1 Å². The van der Waals surface area contributed by atoms with Gasteiger partial charge in [0, 0.05) is 35.6 Å². The molecular formula is C24H28N8O2. The number of aryl methyl sites for hydroxylation is 1. The number of hydrogen-bond donors (Lipinski definition) is 3. The molecule has 10 nitrogen and oxygen atoms in total. The summed E-state index contributed by atoms with van der Waals surface area (Å²) in [4.78, 5) is 24.8. The number of aromatic nitrogens is 6. The van der Waals surface area contributed by atoms with Crippen molar-refractivity contribution in [3.8, 4) is 11.3 Å². The summed E-state index contributed by atoms with van der Waals surface area (Å²) in [5.74, 6) is 1.27. The van der Waals surface area contributed by atoms with Crippen molar-refractivity contribution < 1.29 is 9.90 Å². The molecule has 0 radical (unpaired) electrons. The van der Waals surface area contributed by atoms with Crippen molar-refractivity contribution >= 4 is 23.4 Å². The summed E-state index contributed by atoms with van der Waals surface area (Å²) in [5.41, 5.74) is 4.40. The molecule has 2 saturated carbocycles. The van der Waals surface area contributed by atoms with Gasteiger partial charge in [0.2, 0.25) is 11.9 Å². The first-order valence-corrected chi connectivity index (χ1v) is 12.4. The third kappa shape index (κ3) is 2.94. The number of carbonyl (C=O) groups excluding carboxylic acids is 1. The number of nitrogens with one attached hydrogen (secondary N) is 2. The number of amides is 1. The summed E-state index contributed by atoms with van der Waals surface area (Å²) < 4.78 is 2.08. The number of anilines is 3. The van der Waals surface area contributed by atoms with Crippen molar-refractivity contribution in [2.24, 2.45) is 0 Å². The summed E-state index contributed by atoms with van der Waals surface area (Å²) in [5, 5.41) is 25.5. The summed E-state index contributed by atoms with van der Waals surface area (Å²) in [6.07, 6.45) is 13.3. The van der Waals surface area contributed by atoms with Gasteiger partial charge < -0.3 is 10.4 Å². The van der Waals surface area contributed by atoms with Crippen molar-refractivity contribution in [2.45, 2.75) is 81.9 Å². The number of aliphatic hydroxyl groups excluding tert-OH is 1. The molecule has 2 aliphatic heterocycles. The number of rotatable bonds is 4.